The SMILES string of the molecule is Clc1nc(OCc2cccs2)c2[nH]cnc2n1. The fourth-order valence-corrected chi connectivity index (χ4v) is 2.19. The molecule has 1 N–H and O–H groups in total. The van der Waals surface area contributed by atoms with E-state index in [1.54, 1.807) is 11.3 Å². The van der Waals surface area contributed by atoms with E-state index in [9.17, 15) is 0 Å². The molecule has 0 amide bonds. The minimum Gasteiger partial charge on any atom is -0.470 e. The number of H-pyrrole nitrogens is 1. The number of halogens is 1. The number of rotatable bonds is 3. The Bertz CT molecular complexity index is 637. The van der Waals surface area contributed by atoms with Crippen LogP contribution >= 0.6 is 22.9 Å². The summed E-state index contributed by atoms with van der Waals surface area (Å²) in [5, 5.41) is 2.13. The van der Waals surface area contributed by atoms with Gasteiger partial charge in [0.2, 0.25) is 11.2 Å². The monoisotopic (exact) mass is 266 g/mol. The van der Waals surface area contributed by atoms with Crippen LogP contribution in [0.2, 0.25) is 5.28 Å². The normalized spacial score (nSPS) is 10.9. The minimum atomic E-state index is 0.130. The number of nitrogens with one attached hydrogen (secondary N) is 1. The van der Waals surface area contributed by atoms with Crippen LogP contribution in [0.5, 0.6) is 5.88 Å². The van der Waals surface area contributed by atoms with Crippen molar-refractivity contribution < 1.29 is 4.74 Å². The molecule has 0 aliphatic heterocycles. The molecule has 5 nitrogen and oxygen atoms in total. The van der Waals surface area contributed by atoms with Crippen LogP contribution in [0, 0.1) is 0 Å². The Balaban J connectivity index is 1.91. The molecule has 0 saturated carbocycles. The molecular formula is C10H7ClN4OS. The van der Waals surface area contributed by atoms with E-state index >= 15 is 0 Å². The van der Waals surface area contributed by atoms with Gasteiger partial charge in [0.25, 0.3) is 0 Å². The standard InChI is InChI=1S/C10H7ClN4OS/c11-10-14-8-7(12-5-13-8)9(15-10)16-4-6-2-1-3-17-6/h1-3,5H,4H2,(H,12,13,14,15). The molecule has 0 atom stereocenters. The molecule has 0 aliphatic carbocycles. The van der Waals surface area contributed by atoms with Crippen LogP contribution in [0.1, 0.15) is 4.88 Å². The first kappa shape index (κ1) is 10.5. The van der Waals surface area contributed by atoms with Crippen molar-refractivity contribution in [2.24, 2.45) is 0 Å². The lowest BCUT2D eigenvalue weighted by Crippen LogP contribution is -1.97. The molecule has 17 heavy (non-hydrogen) atoms. The number of ether oxygens (including phenoxy) is 1. The topological polar surface area (TPSA) is 63.7 Å². The van der Waals surface area contributed by atoms with Crippen molar-refractivity contribution in [3.05, 3.63) is 34.0 Å². The lowest BCUT2D eigenvalue weighted by Gasteiger charge is -2.04. The molecule has 0 unspecified atom stereocenters. The number of aromatic amines is 1. The van der Waals surface area contributed by atoms with Crippen molar-refractivity contribution in [1.29, 1.82) is 0 Å². The molecule has 0 saturated heterocycles. The van der Waals surface area contributed by atoms with Crippen molar-refractivity contribution in [3.63, 3.8) is 0 Å². The largest absolute Gasteiger partial charge is 0.470 e. The summed E-state index contributed by atoms with van der Waals surface area (Å²) in [7, 11) is 0. The molecule has 0 aliphatic rings. The fraction of sp³-hybridized carbons (Fsp3) is 0.100. The molecule has 3 aromatic rings. The smallest absolute Gasteiger partial charge is 0.244 e. The zero-order chi connectivity index (χ0) is 11.7. The van der Waals surface area contributed by atoms with Crippen LogP contribution < -0.4 is 4.74 Å². The van der Waals surface area contributed by atoms with E-state index in [1.165, 1.54) is 6.33 Å². The van der Waals surface area contributed by atoms with Gasteiger partial charge < -0.3 is 9.72 Å². The van der Waals surface area contributed by atoms with Crippen LogP contribution in [-0.4, -0.2) is 19.9 Å². The molecule has 0 spiro atoms. The maximum Gasteiger partial charge on any atom is 0.244 e. The van der Waals surface area contributed by atoms with Gasteiger partial charge in [0.15, 0.2) is 5.65 Å². The lowest BCUT2D eigenvalue weighted by molar-refractivity contribution is 0.300. The third-order valence-corrected chi connectivity index (χ3v) is 3.18. The lowest BCUT2D eigenvalue weighted by atomic mass is 10.5. The Morgan fingerprint density at radius 2 is 2.35 bits per heavy atom. The van der Waals surface area contributed by atoms with Crippen LogP contribution in [-0.2, 0) is 6.61 Å². The number of thiophene rings is 1. The predicted molar refractivity (Wildman–Crippen MR) is 65.3 cm³/mol. The molecule has 86 valence electrons. The number of imidazole rings is 1. The molecule has 0 fully saturated rings. The number of fused-ring (bicyclic) bond motifs is 1. The van der Waals surface area contributed by atoms with Crippen LogP contribution in [0.25, 0.3) is 11.2 Å². The molecule has 0 radical (unpaired) electrons. The summed E-state index contributed by atoms with van der Waals surface area (Å²) in [6.07, 6.45) is 1.54. The minimum absolute atomic E-state index is 0.130. The van der Waals surface area contributed by atoms with E-state index in [4.69, 9.17) is 16.3 Å². The molecule has 0 aromatic carbocycles. The summed E-state index contributed by atoms with van der Waals surface area (Å²) in [4.78, 5) is 16.1. The van der Waals surface area contributed by atoms with Gasteiger partial charge in [-0.05, 0) is 23.0 Å². The second-order valence-electron chi connectivity index (χ2n) is 3.27. The highest BCUT2D eigenvalue weighted by Crippen LogP contribution is 2.22. The van der Waals surface area contributed by atoms with Crippen LogP contribution in [0.3, 0.4) is 0 Å². The van der Waals surface area contributed by atoms with Gasteiger partial charge in [-0.1, -0.05) is 6.07 Å². The van der Waals surface area contributed by atoms with Crippen molar-refractivity contribution >= 4 is 34.1 Å². The molecule has 7 heteroatoms. The highest BCUT2D eigenvalue weighted by Gasteiger charge is 2.10. The van der Waals surface area contributed by atoms with Crippen molar-refractivity contribution in [3.8, 4) is 5.88 Å². The van der Waals surface area contributed by atoms with Gasteiger partial charge in [-0.2, -0.15) is 9.97 Å². The number of hydrogen-bond donors (Lipinski definition) is 1. The number of hydrogen-bond acceptors (Lipinski definition) is 5. The fourth-order valence-electron chi connectivity index (χ4n) is 1.42. The van der Waals surface area contributed by atoms with Gasteiger partial charge in [-0.3, -0.25) is 0 Å². The Labute approximate surface area is 105 Å². The summed E-state index contributed by atoms with van der Waals surface area (Å²) >= 11 is 7.41. The second kappa shape index (κ2) is 4.31. The van der Waals surface area contributed by atoms with Gasteiger partial charge in [-0.15, -0.1) is 11.3 Å². The first-order chi connectivity index (χ1) is 8.33. The zero-order valence-electron chi connectivity index (χ0n) is 8.55. The molecule has 0 bridgehead atoms. The summed E-state index contributed by atoms with van der Waals surface area (Å²) in [5.41, 5.74) is 1.16. The maximum atomic E-state index is 5.79. The Morgan fingerprint density at radius 3 is 3.18 bits per heavy atom. The summed E-state index contributed by atoms with van der Waals surface area (Å²) < 4.78 is 5.61. The predicted octanol–water partition coefficient (Wildman–Crippen LogP) is 2.65. The quantitative estimate of drug-likeness (QED) is 0.740. The Hall–Kier alpha value is -1.66. The molecule has 3 rings (SSSR count). The van der Waals surface area contributed by atoms with Gasteiger partial charge in [0.1, 0.15) is 12.1 Å². The average molecular weight is 267 g/mol. The summed E-state index contributed by atoms with van der Waals surface area (Å²) in [5.74, 6) is 0.422. The van der Waals surface area contributed by atoms with E-state index in [2.05, 4.69) is 19.9 Å². The van der Waals surface area contributed by atoms with Crippen LogP contribution in [0.15, 0.2) is 23.8 Å². The maximum absolute atomic E-state index is 5.79. The van der Waals surface area contributed by atoms with Gasteiger partial charge in [0.05, 0.1) is 6.33 Å². The first-order valence-electron chi connectivity index (χ1n) is 4.85. The van der Waals surface area contributed by atoms with Crippen molar-refractivity contribution in [2.45, 2.75) is 6.61 Å². The average Bonchev–Trinajstić information content (AvgIpc) is 2.95. The third-order valence-electron chi connectivity index (χ3n) is 2.16. The van der Waals surface area contributed by atoms with E-state index in [1.807, 2.05) is 17.5 Å². The van der Waals surface area contributed by atoms with Crippen molar-refractivity contribution in [2.75, 3.05) is 0 Å². The Morgan fingerprint density at radius 1 is 1.41 bits per heavy atom. The Kier molecular flexibility index (Phi) is 2.66. The van der Waals surface area contributed by atoms with E-state index in [0.29, 0.717) is 23.7 Å². The van der Waals surface area contributed by atoms with E-state index in [-0.39, 0.29) is 5.28 Å². The molecular weight excluding hydrogens is 260 g/mol. The zero-order valence-corrected chi connectivity index (χ0v) is 10.1. The third kappa shape index (κ3) is 2.09. The van der Waals surface area contributed by atoms with E-state index < -0.39 is 0 Å². The molecule has 3 aromatic heterocycles. The molecule has 3 heterocycles. The second-order valence-corrected chi connectivity index (χ2v) is 4.64. The highest BCUT2D eigenvalue weighted by atomic mass is 35.5. The summed E-state index contributed by atoms with van der Waals surface area (Å²) in [6, 6.07) is 3.97. The summed E-state index contributed by atoms with van der Waals surface area (Å²) in [6.45, 7) is 0.457. The van der Waals surface area contributed by atoms with Crippen molar-refractivity contribution in [1.82, 2.24) is 19.9 Å². The van der Waals surface area contributed by atoms with Gasteiger partial charge >= 0.3 is 0 Å². The number of nitrogens with zero attached hydrogens (tertiary/aromatic N) is 3. The van der Waals surface area contributed by atoms with Gasteiger partial charge in [-0.25, -0.2) is 4.98 Å². The van der Waals surface area contributed by atoms with Crippen LogP contribution in [0.4, 0.5) is 0 Å². The first-order valence-corrected chi connectivity index (χ1v) is 6.10. The highest BCUT2D eigenvalue weighted by molar-refractivity contribution is 7.09. The van der Waals surface area contributed by atoms with E-state index in [0.717, 1.165) is 4.88 Å². The number of aromatic nitrogens is 4. The van der Waals surface area contributed by atoms with Gasteiger partial charge in [0, 0.05) is 4.88 Å².